The second kappa shape index (κ2) is 14.5. The minimum absolute atomic E-state index is 0.274. The summed E-state index contributed by atoms with van der Waals surface area (Å²) in [7, 11) is 1.60. The third-order valence-corrected chi connectivity index (χ3v) is 8.31. The maximum Gasteiger partial charge on any atom is 0.406 e. The lowest BCUT2D eigenvalue weighted by atomic mass is 9.95. The average molecular weight is 603 g/mol. The number of halogens is 3. The number of aliphatic hydroxyl groups is 1. The van der Waals surface area contributed by atoms with Gasteiger partial charge in [0.05, 0.1) is 36.2 Å². The number of fused-ring (bicyclic) bond motifs is 1. The maximum absolute atomic E-state index is 13.4. The molecule has 228 valence electrons. The molecule has 1 aliphatic carbocycles. The van der Waals surface area contributed by atoms with Gasteiger partial charge < -0.3 is 30.4 Å². The van der Waals surface area contributed by atoms with Crippen LogP contribution in [0.25, 0.3) is 10.9 Å². The van der Waals surface area contributed by atoms with Crippen LogP contribution in [0.1, 0.15) is 51.1 Å². The normalized spacial score (nSPS) is 19.0. The first-order valence-corrected chi connectivity index (χ1v) is 15.6. The van der Waals surface area contributed by atoms with Crippen LogP contribution in [-0.2, 0) is 6.54 Å². The zero-order chi connectivity index (χ0) is 30.2. The Morgan fingerprint density at radius 3 is 2.55 bits per heavy atom. The first kappa shape index (κ1) is 31.9. The molecule has 2 aromatic carbocycles. The van der Waals surface area contributed by atoms with Crippen molar-refractivity contribution in [3.63, 3.8) is 0 Å². The summed E-state index contributed by atoms with van der Waals surface area (Å²) >= 11 is 1.62. The largest absolute Gasteiger partial charge is 0.495 e. The number of thioether (sulfide) groups is 1. The lowest BCUT2D eigenvalue weighted by molar-refractivity contribution is -0.140. The molecule has 2 aliphatic rings. The molecule has 0 bridgehead atoms. The first-order valence-electron chi connectivity index (χ1n) is 14.4. The number of ether oxygens (including phenoxy) is 1. The number of hydrogen-bond donors (Lipinski definition) is 4. The molecule has 6 nitrogen and oxygen atoms in total. The van der Waals surface area contributed by atoms with E-state index in [1.54, 1.807) is 31.0 Å². The van der Waals surface area contributed by atoms with Crippen molar-refractivity contribution in [1.29, 1.82) is 0 Å². The predicted molar refractivity (Wildman–Crippen MR) is 167 cm³/mol. The van der Waals surface area contributed by atoms with Crippen LogP contribution < -0.4 is 20.7 Å². The van der Waals surface area contributed by atoms with Crippen LogP contribution in [0.3, 0.4) is 0 Å². The van der Waals surface area contributed by atoms with E-state index in [1.807, 2.05) is 43.5 Å². The fraction of sp³-hybridized carbons (Fsp3) is 0.500. The third-order valence-electron chi connectivity index (χ3n) is 7.59. The van der Waals surface area contributed by atoms with Gasteiger partial charge >= 0.3 is 6.18 Å². The number of hydrogen-bond acceptors (Lipinski definition) is 6. The summed E-state index contributed by atoms with van der Waals surface area (Å²) in [6, 6.07) is 13.4. The number of β-amino-alcohol motifs (C(OH)–C–C–N with tert-alkyl or cyclic N) is 1. The molecule has 0 spiro atoms. The second-order valence-electron chi connectivity index (χ2n) is 11.1. The molecule has 2 fully saturated rings. The smallest absolute Gasteiger partial charge is 0.406 e. The molecule has 2 heterocycles. The summed E-state index contributed by atoms with van der Waals surface area (Å²) < 4.78 is 47.0. The van der Waals surface area contributed by atoms with E-state index in [2.05, 4.69) is 27.8 Å². The van der Waals surface area contributed by atoms with E-state index in [-0.39, 0.29) is 6.54 Å². The van der Waals surface area contributed by atoms with Crippen molar-refractivity contribution in [1.82, 2.24) is 9.88 Å². The summed E-state index contributed by atoms with van der Waals surface area (Å²) in [4.78, 5) is 1.08. The van der Waals surface area contributed by atoms with Crippen molar-refractivity contribution in [2.45, 2.75) is 74.7 Å². The number of aromatic nitrogens is 1. The fourth-order valence-electron chi connectivity index (χ4n) is 5.35. The van der Waals surface area contributed by atoms with Gasteiger partial charge in [-0.05, 0) is 81.3 Å². The van der Waals surface area contributed by atoms with Crippen LogP contribution in [0.15, 0.2) is 47.4 Å². The van der Waals surface area contributed by atoms with Gasteiger partial charge in [0.1, 0.15) is 12.3 Å². The standard InChI is InChI=1S/C27H30F3N3OS.C5H11NO/c1-34-26-17-21(35-2)13-14-24(26)31-15-7-10-20-16-22-23(32-19-8-4-3-5-9-19)11-6-12-25(22)33(20)18-27(28,29)30;1-5(7)2-3-6-4-5/h6,11-14,16-17,19,31-32H,3-5,8-9,15,18H2,1-2H3;6-7H,2-4H2,1H3. The van der Waals surface area contributed by atoms with Crippen molar-refractivity contribution < 1.29 is 23.0 Å². The SMILES string of the molecule is CC1(O)CCNC1.COc1cc(SC)ccc1NCC#Cc1cc2c(NC3CCCCC3)cccc2n1CC(F)(F)F. The van der Waals surface area contributed by atoms with Gasteiger partial charge in [-0.3, -0.25) is 0 Å². The predicted octanol–water partition coefficient (Wildman–Crippen LogP) is 6.87. The van der Waals surface area contributed by atoms with E-state index < -0.39 is 18.3 Å². The molecule has 1 aromatic heterocycles. The molecule has 0 radical (unpaired) electrons. The number of benzene rings is 2. The number of alkyl halides is 3. The van der Waals surface area contributed by atoms with E-state index >= 15 is 0 Å². The molecule has 10 heteroatoms. The highest BCUT2D eigenvalue weighted by Gasteiger charge is 2.30. The zero-order valence-electron chi connectivity index (χ0n) is 24.5. The van der Waals surface area contributed by atoms with Crippen LogP contribution in [0, 0.1) is 11.8 Å². The second-order valence-corrected chi connectivity index (χ2v) is 12.0. The molecule has 1 atom stereocenters. The Labute approximate surface area is 250 Å². The Balaban J connectivity index is 0.000000507. The van der Waals surface area contributed by atoms with Crippen LogP contribution in [-0.4, -0.2) is 60.5 Å². The van der Waals surface area contributed by atoms with Crippen LogP contribution in [0.2, 0.25) is 0 Å². The molecule has 1 aliphatic heterocycles. The van der Waals surface area contributed by atoms with Crippen molar-refractivity contribution in [2.24, 2.45) is 0 Å². The van der Waals surface area contributed by atoms with E-state index in [9.17, 15) is 13.2 Å². The van der Waals surface area contributed by atoms with Gasteiger partial charge in [0.2, 0.25) is 0 Å². The van der Waals surface area contributed by atoms with Gasteiger partial charge in [-0.15, -0.1) is 11.8 Å². The monoisotopic (exact) mass is 602 g/mol. The fourth-order valence-corrected chi connectivity index (χ4v) is 5.78. The maximum atomic E-state index is 13.4. The van der Waals surface area contributed by atoms with E-state index in [0.29, 0.717) is 23.0 Å². The Morgan fingerprint density at radius 1 is 1.14 bits per heavy atom. The van der Waals surface area contributed by atoms with Gasteiger partial charge in [-0.2, -0.15) is 13.2 Å². The van der Waals surface area contributed by atoms with E-state index in [4.69, 9.17) is 9.84 Å². The van der Waals surface area contributed by atoms with Gasteiger partial charge in [-0.25, -0.2) is 0 Å². The minimum atomic E-state index is -4.35. The van der Waals surface area contributed by atoms with E-state index in [0.717, 1.165) is 54.0 Å². The average Bonchev–Trinajstić information content (AvgIpc) is 3.53. The summed E-state index contributed by atoms with van der Waals surface area (Å²) in [5.74, 6) is 6.65. The summed E-state index contributed by atoms with van der Waals surface area (Å²) in [5, 5.41) is 19.7. The van der Waals surface area contributed by atoms with Crippen LogP contribution >= 0.6 is 11.8 Å². The van der Waals surface area contributed by atoms with Crippen molar-refractivity contribution in [3.8, 4) is 17.6 Å². The van der Waals surface area contributed by atoms with Crippen LogP contribution in [0.5, 0.6) is 5.75 Å². The lowest BCUT2D eigenvalue weighted by Gasteiger charge is -2.24. The number of nitrogens with one attached hydrogen (secondary N) is 3. The van der Waals surface area contributed by atoms with Gasteiger partial charge in [0.15, 0.2) is 0 Å². The van der Waals surface area contributed by atoms with Crippen molar-refractivity contribution in [3.05, 3.63) is 48.2 Å². The topological polar surface area (TPSA) is 70.5 Å². The Kier molecular flexibility index (Phi) is 11.0. The third kappa shape index (κ3) is 9.00. The summed E-state index contributed by atoms with van der Waals surface area (Å²) in [5.41, 5.74) is 2.13. The Morgan fingerprint density at radius 2 is 1.93 bits per heavy atom. The highest BCUT2D eigenvalue weighted by atomic mass is 32.2. The number of rotatable bonds is 7. The van der Waals surface area contributed by atoms with Gasteiger partial charge in [0.25, 0.3) is 0 Å². The zero-order valence-corrected chi connectivity index (χ0v) is 25.4. The highest BCUT2D eigenvalue weighted by molar-refractivity contribution is 7.98. The lowest BCUT2D eigenvalue weighted by Crippen LogP contribution is -2.26. The molecule has 1 saturated heterocycles. The number of methoxy groups -OCH3 is 1. The molecule has 3 aromatic rings. The molecule has 4 N–H and O–H groups in total. The molecule has 1 unspecified atom stereocenters. The molecular formula is C32H41F3N4O2S. The van der Waals surface area contributed by atoms with Crippen LogP contribution in [0.4, 0.5) is 24.5 Å². The molecule has 5 rings (SSSR count). The molecule has 1 saturated carbocycles. The van der Waals surface area contributed by atoms with Crippen molar-refractivity contribution in [2.75, 3.05) is 43.6 Å². The minimum Gasteiger partial charge on any atom is -0.495 e. The summed E-state index contributed by atoms with van der Waals surface area (Å²) in [6.07, 6.45) is 4.30. The van der Waals surface area contributed by atoms with Gasteiger partial charge in [0, 0.05) is 28.6 Å². The van der Waals surface area contributed by atoms with Gasteiger partial charge in [-0.1, -0.05) is 31.2 Å². The first-order chi connectivity index (χ1) is 20.1. The molecule has 42 heavy (non-hydrogen) atoms. The quantitative estimate of drug-likeness (QED) is 0.175. The molecule has 0 amide bonds. The summed E-state index contributed by atoms with van der Waals surface area (Å²) in [6.45, 7) is 2.77. The highest BCUT2D eigenvalue weighted by Crippen LogP contribution is 2.32. The Bertz CT molecular complexity index is 1380. The molecular weight excluding hydrogens is 561 g/mol. The Hall–Kier alpha value is -3.00. The van der Waals surface area contributed by atoms with Crippen molar-refractivity contribution >= 4 is 34.0 Å². The number of nitrogens with zero attached hydrogens (tertiary/aromatic N) is 1. The number of anilines is 2. The van der Waals surface area contributed by atoms with E-state index in [1.165, 1.54) is 23.8 Å².